The van der Waals surface area contributed by atoms with Crippen LogP contribution in [-0.4, -0.2) is 13.0 Å². The third-order valence-electron chi connectivity index (χ3n) is 5.18. The van der Waals surface area contributed by atoms with Crippen molar-refractivity contribution in [1.29, 1.82) is 0 Å². The molecule has 1 N–H and O–H groups in total. The van der Waals surface area contributed by atoms with Gasteiger partial charge in [-0.3, -0.25) is 4.55 Å². The van der Waals surface area contributed by atoms with Crippen LogP contribution < -0.4 is 0 Å². The van der Waals surface area contributed by atoms with E-state index in [9.17, 15) is 13.0 Å². The molecule has 0 aromatic heterocycles. The number of unbranched alkanes of at least 4 members (excludes halogenated alkanes) is 5. The Hall–Kier alpha value is -0.870. The summed E-state index contributed by atoms with van der Waals surface area (Å²) >= 11 is 0. The minimum absolute atomic E-state index is 0.0308. The molecule has 0 saturated carbocycles. The predicted molar refractivity (Wildman–Crippen MR) is 94.6 cm³/mol. The molecule has 1 aliphatic carbocycles. The molecule has 0 aliphatic heterocycles. The first-order valence-corrected chi connectivity index (χ1v) is 10.5. The molecule has 0 spiro atoms. The van der Waals surface area contributed by atoms with E-state index in [2.05, 4.69) is 13.8 Å². The second-order valence-electron chi connectivity index (χ2n) is 7.00. The van der Waals surface area contributed by atoms with E-state index in [4.69, 9.17) is 0 Å². The van der Waals surface area contributed by atoms with Crippen molar-refractivity contribution in [2.24, 2.45) is 0 Å². The van der Waals surface area contributed by atoms with Gasteiger partial charge in [-0.2, -0.15) is 8.42 Å². The van der Waals surface area contributed by atoms with E-state index in [1.54, 1.807) is 12.1 Å². The Morgan fingerprint density at radius 2 is 1.74 bits per heavy atom. The molecule has 1 aromatic rings. The molecule has 4 heteroatoms. The second-order valence-corrected chi connectivity index (χ2v) is 8.42. The fourth-order valence-corrected chi connectivity index (χ4v) is 4.26. The normalized spacial score (nSPS) is 21.2. The van der Waals surface area contributed by atoms with Crippen LogP contribution >= 0.6 is 0 Å². The van der Waals surface area contributed by atoms with Gasteiger partial charge < -0.3 is 0 Å². The van der Waals surface area contributed by atoms with E-state index in [1.165, 1.54) is 56.9 Å². The average Bonchev–Trinajstić information content (AvgIpc) is 2.51. The lowest BCUT2D eigenvalue weighted by molar-refractivity contribution is 0.454. The Bertz CT molecular complexity index is 607. The summed E-state index contributed by atoms with van der Waals surface area (Å²) in [4.78, 5) is 0.0308. The topological polar surface area (TPSA) is 54.4 Å². The maximum atomic E-state index is 11.4. The highest BCUT2D eigenvalue weighted by Gasteiger charge is 2.26. The van der Waals surface area contributed by atoms with Gasteiger partial charge in [-0.25, -0.2) is 0 Å². The van der Waals surface area contributed by atoms with Crippen LogP contribution in [0.25, 0.3) is 0 Å². The van der Waals surface area contributed by atoms with E-state index in [0.717, 1.165) is 12.0 Å². The molecule has 0 heterocycles. The first kappa shape index (κ1) is 18.5. The Morgan fingerprint density at radius 3 is 2.43 bits per heavy atom. The van der Waals surface area contributed by atoms with E-state index >= 15 is 0 Å². The Kier molecular flexibility index (Phi) is 6.66. The molecule has 0 bridgehead atoms. The largest absolute Gasteiger partial charge is 0.294 e. The van der Waals surface area contributed by atoms with Crippen molar-refractivity contribution in [2.75, 3.05) is 0 Å². The first-order valence-electron chi connectivity index (χ1n) is 9.04. The number of benzene rings is 1. The maximum Gasteiger partial charge on any atom is 0.294 e. The first-order chi connectivity index (χ1) is 10.9. The van der Waals surface area contributed by atoms with Crippen LogP contribution in [0.3, 0.4) is 0 Å². The lowest BCUT2D eigenvalue weighted by Crippen LogP contribution is -2.14. The van der Waals surface area contributed by atoms with Gasteiger partial charge in [-0.1, -0.05) is 58.4 Å². The molecule has 130 valence electrons. The number of fused-ring (bicyclic) bond motifs is 1. The van der Waals surface area contributed by atoms with Crippen molar-refractivity contribution >= 4 is 10.1 Å². The second kappa shape index (κ2) is 8.29. The highest BCUT2D eigenvalue weighted by Crippen LogP contribution is 2.41. The molecule has 1 aliphatic rings. The summed E-state index contributed by atoms with van der Waals surface area (Å²) in [7, 11) is -4.11. The minimum Gasteiger partial charge on any atom is -0.282 e. The van der Waals surface area contributed by atoms with Crippen molar-refractivity contribution in [2.45, 2.75) is 88.4 Å². The molecule has 0 radical (unpaired) electrons. The van der Waals surface area contributed by atoms with Crippen LogP contribution in [0.4, 0.5) is 0 Å². The maximum absolute atomic E-state index is 11.4. The zero-order valence-electron chi connectivity index (χ0n) is 14.4. The van der Waals surface area contributed by atoms with Crippen molar-refractivity contribution in [1.82, 2.24) is 0 Å². The van der Waals surface area contributed by atoms with Gasteiger partial charge in [0.25, 0.3) is 10.1 Å². The van der Waals surface area contributed by atoms with Crippen molar-refractivity contribution in [3.8, 4) is 0 Å². The molecule has 2 atom stereocenters. The van der Waals surface area contributed by atoms with Crippen LogP contribution in [0.15, 0.2) is 23.1 Å². The van der Waals surface area contributed by atoms with Gasteiger partial charge in [-0.15, -0.1) is 0 Å². The van der Waals surface area contributed by atoms with Gasteiger partial charge in [0.1, 0.15) is 0 Å². The van der Waals surface area contributed by atoms with Gasteiger partial charge >= 0.3 is 0 Å². The predicted octanol–water partition coefficient (Wildman–Crippen LogP) is 5.66. The lowest BCUT2D eigenvalue weighted by atomic mass is 9.75. The zero-order chi connectivity index (χ0) is 16.9. The third-order valence-corrected chi connectivity index (χ3v) is 6.03. The molecular formula is C19H30O3S. The number of hydrogen-bond donors (Lipinski definition) is 1. The Labute approximate surface area is 141 Å². The highest BCUT2D eigenvalue weighted by atomic mass is 32.2. The monoisotopic (exact) mass is 338 g/mol. The highest BCUT2D eigenvalue weighted by molar-refractivity contribution is 7.85. The van der Waals surface area contributed by atoms with Crippen molar-refractivity contribution in [3.63, 3.8) is 0 Å². The SMILES string of the molecule is CCCCCCCCC1CCC(C)c2cc(S(=O)(=O)O)ccc21. The fraction of sp³-hybridized carbons (Fsp3) is 0.684. The molecule has 0 fully saturated rings. The minimum atomic E-state index is -4.11. The Balaban J connectivity index is 2.02. The van der Waals surface area contributed by atoms with Crippen molar-refractivity contribution in [3.05, 3.63) is 29.3 Å². The molecule has 0 saturated heterocycles. The summed E-state index contributed by atoms with van der Waals surface area (Å²) in [5, 5.41) is 0. The molecule has 1 aromatic carbocycles. The summed E-state index contributed by atoms with van der Waals surface area (Å²) < 4.78 is 32.0. The van der Waals surface area contributed by atoms with E-state index in [-0.39, 0.29) is 4.90 Å². The summed E-state index contributed by atoms with van der Waals surface area (Å²) in [5.41, 5.74) is 2.41. The summed E-state index contributed by atoms with van der Waals surface area (Å²) in [6.07, 6.45) is 11.3. The van der Waals surface area contributed by atoms with Crippen LogP contribution in [-0.2, 0) is 10.1 Å². The van der Waals surface area contributed by atoms with Crippen molar-refractivity contribution < 1.29 is 13.0 Å². The van der Waals surface area contributed by atoms with E-state index in [1.807, 2.05) is 6.07 Å². The standard InChI is InChI=1S/C19H30O3S/c1-3-4-5-6-7-8-9-16-11-10-15(2)19-14-17(23(20,21)22)12-13-18(16)19/h12-16H,3-11H2,1-2H3,(H,20,21,22). The Morgan fingerprint density at radius 1 is 1.04 bits per heavy atom. The third kappa shape index (κ3) is 5.05. The van der Waals surface area contributed by atoms with Crippen LogP contribution in [0.5, 0.6) is 0 Å². The lowest BCUT2D eigenvalue weighted by Gasteiger charge is -2.30. The van der Waals surface area contributed by atoms with Crippen LogP contribution in [0.1, 0.15) is 94.6 Å². The molecule has 2 rings (SSSR count). The van der Waals surface area contributed by atoms with Gasteiger partial charge in [0, 0.05) is 0 Å². The van der Waals surface area contributed by atoms with E-state index in [0.29, 0.717) is 11.8 Å². The molecule has 3 nitrogen and oxygen atoms in total. The summed E-state index contributed by atoms with van der Waals surface area (Å²) in [5.74, 6) is 0.912. The average molecular weight is 339 g/mol. The fourth-order valence-electron chi connectivity index (χ4n) is 3.74. The molecule has 23 heavy (non-hydrogen) atoms. The van der Waals surface area contributed by atoms with E-state index < -0.39 is 10.1 Å². The van der Waals surface area contributed by atoms with Gasteiger partial charge in [0.2, 0.25) is 0 Å². The van der Waals surface area contributed by atoms with Crippen LogP contribution in [0.2, 0.25) is 0 Å². The quantitative estimate of drug-likeness (QED) is 0.491. The molecular weight excluding hydrogens is 308 g/mol. The molecule has 2 unspecified atom stereocenters. The van der Waals surface area contributed by atoms with Crippen LogP contribution in [0, 0.1) is 0 Å². The number of hydrogen-bond acceptors (Lipinski definition) is 2. The zero-order valence-corrected chi connectivity index (χ0v) is 15.2. The smallest absolute Gasteiger partial charge is 0.282 e. The summed E-state index contributed by atoms with van der Waals surface area (Å²) in [6.45, 7) is 4.38. The number of rotatable bonds is 8. The van der Waals surface area contributed by atoms with Gasteiger partial charge in [0.05, 0.1) is 4.90 Å². The van der Waals surface area contributed by atoms with Gasteiger partial charge in [-0.05, 0) is 54.4 Å². The molecule has 0 amide bonds. The summed E-state index contributed by atoms with van der Waals surface area (Å²) in [6, 6.07) is 5.17. The van der Waals surface area contributed by atoms with Gasteiger partial charge in [0.15, 0.2) is 0 Å².